The molecule has 0 bridgehead atoms. The number of hydrogen-bond acceptors (Lipinski definition) is 3. The Bertz CT molecular complexity index is 638. The van der Waals surface area contributed by atoms with Gasteiger partial charge in [0.15, 0.2) is 11.5 Å². The summed E-state index contributed by atoms with van der Waals surface area (Å²) in [5.41, 5.74) is 1.94. The van der Waals surface area contributed by atoms with Crippen LogP contribution in [0.1, 0.15) is 25.0 Å². The molecule has 3 nitrogen and oxygen atoms in total. The highest BCUT2D eigenvalue weighted by Crippen LogP contribution is 2.35. The predicted octanol–water partition coefficient (Wildman–Crippen LogP) is 3.58. The van der Waals surface area contributed by atoms with Gasteiger partial charge in [0.2, 0.25) is 6.79 Å². The molecule has 0 aliphatic carbocycles. The topological polar surface area (TPSA) is 30.5 Å². The molecule has 0 aromatic heterocycles. The van der Waals surface area contributed by atoms with Crippen molar-refractivity contribution in [1.29, 1.82) is 0 Å². The minimum absolute atomic E-state index is 0.214. The molecule has 21 heavy (non-hydrogen) atoms. The average molecular weight is 287 g/mol. The molecule has 0 amide bonds. The third kappa shape index (κ3) is 3.00. The fourth-order valence-corrected chi connectivity index (χ4v) is 2.31. The van der Waals surface area contributed by atoms with Gasteiger partial charge in [-0.25, -0.2) is 4.39 Å². The molecular formula is C17H18FNO2. The van der Waals surface area contributed by atoms with E-state index in [2.05, 4.69) is 19.2 Å². The van der Waals surface area contributed by atoms with Crippen molar-refractivity contribution in [2.45, 2.75) is 25.9 Å². The highest BCUT2D eigenvalue weighted by atomic mass is 19.1. The lowest BCUT2D eigenvalue weighted by Crippen LogP contribution is -2.35. The van der Waals surface area contributed by atoms with E-state index in [4.69, 9.17) is 9.47 Å². The van der Waals surface area contributed by atoms with E-state index >= 15 is 0 Å². The number of halogens is 1. The normalized spacial score (nSPS) is 13.5. The van der Waals surface area contributed by atoms with Crippen molar-refractivity contribution in [3.63, 3.8) is 0 Å². The summed E-state index contributed by atoms with van der Waals surface area (Å²) in [6.45, 7) is 5.16. The largest absolute Gasteiger partial charge is 0.454 e. The van der Waals surface area contributed by atoms with Crippen LogP contribution >= 0.6 is 0 Å². The van der Waals surface area contributed by atoms with E-state index in [0.29, 0.717) is 6.54 Å². The minimum atomic E-state index is -0.227. The van der Waals surface area contributed by atoms with Gasteiger partial charge in [-0.15, -0.1) is 0 Å². The molecular weight excluding hydrogens is 269 g/mol. The van der Waals surface area contributed by atoms with Crippen molar-refractivity contribution in [1.82, 2.24) is 5.32 Å². The number of hydrogen-bond donors (Lipinski definition) is 1. The van der Waals surface area contributed by atoms with Crippen LogP contribution < -0.4 is 14.8 Å². The fraction of sp³-hybridized carbons (Fsp3) is 0.294. The van der Waals surface area contributed by atoms with Crippen LogP contribution in [0.25, 0.3) is 0 Å². The van der Waals surface area contributed by atoms with Crippen LogP contribution in [0.15, 0.2) is 42.5 Å². The summed E-state index contributed by atoms with van der Waals surface area (Å²) in [6, 6.07) is 12.5. The van der Waals surface area contributed by atoms with E-state index in [1.807, 2.05) is 18.2 Å². The average Bonchev–Trinajstić information content (AvgIpc) is 2.94. The maximum Gasteiger partial charge on any atom is 0.231 e. The van der Waals surface area contributed by atoms with Gasteiger partial charge in [-0.05, 0) is 49.2 Å². The molecule has 1 aliphatic rings. The van der Waals surface area contributed by atoms with Crippen molar-refractivity contribution in [2.24, 2.45) is 0 Å². The summed E-state index contributed by atoms with van der Waals surface area (Å²) in [5, 5.41) is 3.48. The Hall–Kier alpha value is -2.07. The van der Waals surface area contributed by atoms with Gasteiger partial charge in [0.1, 0.15) is 5.82 Å². The van der Waals surface area contributed by atoms with Gasteiger partial charge in [-0.1, -0.05) is 18.2 Å². The van der Waals surface area contributed by atoms with Gasteiger partial charge in [0.05, 0.1) is 0 Å². The van der Waals surface area contributed by atoms with Gasteiger partial charge in [0, 0.05) is 12.1 Å². The Morgan fingerprint density at radius 3 is 2.52 bits per heavy atom. The van der Waals surface area contributed by atoms with Gasteiger partial charge in [-0.2, -0.15) is 0 Å². The van der Waals surface area contributed by atoms with Crippen LogP contribution in [-0.4, -0.2) is 6.79 Å². The Morgan fingerprint density at radius 2 is 1.76 bits per heavy atom. The number of nitrogens with one attached hydrogen (secondary N) is 1. The van der Waals surface area contributed by atoms with Crippen LogP contribution in [0.2, 0.25) is 0 Å². The molecule has 1 heterocycles. The van der Waals surface area contributed by atoms with Gasteiger partial charge >= 0.3 is 0 Å². The lowest BCUT2D eigenvalue weighted by molar-refractivity contribution is 0.174. The van der Waals surface area contributed by atoms with Crippen LogP contribution in [0, 0.1) is 5.82 Å². The summed E-state index contributed by atoms with van der Waals surface area (Å²) >= 11 is 0. The SMILES string of the molecule is CC(C)(NCc1ccc(F)cc1)c1ccc2c(c1)OCO2. The van der Waals surface area contributed by atoms with Crippen LogP contribution in [0.4, 0.5) is 4.39 Å². The summed E-state index contributed by atoms with van der Waals surface area (Å²) in [5.74, 6) is 1.35. The molecule has 2 aromatic carbocycles. The van der Waals surface area contributed by atoms with E-state index < -0.39 is 0 Å². The van der Waals surface area contributed by atoms with Gasteiger partial charge in [-0.3, -0.25) is 0 Å². The molecule has 110 valence electrons. The summed E-state index contributed by atoms with van der Waals surface area (Å²) < 4.78 is 23.7. The summed E-state index contributed by atoms with van der Waals surface area (Å²) in [4.78, 5) is 0. The maximum absolute atomic E-state index is 12.9. The Balaban J connectivity index is 1.72. The highest BCUT2D eigenvalue weighted by molar-refractivity contribution is 5.46. The lowest BCUT2D eigenvalue weighted by Gasteiger charge is -2.27. The molecule has 0 atom stereocenters. The molecule has 4 heteroatoms. The molecule has 1 aliphatic heterocycles. The van der Waals surface area contributed by atoms with Crippen molar-refractivity contribution in [2.75, 3.05) is 6.79 Å². The van der Waals surface area contributed by atoms with Crippen LogP contribution in [0.5, 0.6) is 11.5 Å². The number of benzene rings is 2. The maximum atomic E-state index is 12.9. The first-order chi connectivity index (χ1) is 10.0. The first kappa shape index (κ1) is 13.9. The van der Waals surface area contributed by atoms with Crippen molar-refractivity contribution >= 4 is 0 Å². The third-order valence-corrected chi connectivity index (χ3v) is 3.74. The van der Waals surface area contributed by atoms with E-state index in [1.54, 1.807) is 12.1 Å². The van der Waals surface area contributed by atoms with Crippen molar-refractivity contribution in [3.8, 4) is 11.5 Å². The standard InChI is InChI=1S/C17H18FNO2/c1-17(2,19-10-12-3-6-14(18)7-4-12)13-5-8-15-16(9-13)21-11-20-15/h3-9,19H,10-11H2,1-2H3. The fourth-order valence-electron chi connectivity index (χ4n) is 2.31. The first-order valence-electron chi connectivity index (χ1n) is 6.94. The van der Waals surface area contributed by atoms with E-state index in [1.165, 1.54) is 12.1 Å². The number of rotatable bonds is 4. The molecule has 0 radical (unpaired) electrons. The molecule has 0 saturated heterocycles. The second-order valence-corrected chi connectivity index (χ2v) is 5.67. The number of fused-ring (bicyclic) bond motifs is 1. The predicted molar refractivity (Wildman–Crippen MR) is 78.8 cm³/mol. The monoisotopic (exact) mass is 287 g/mol. The van der Waals surface area contributed by atoms with Crippen LogP contribution in [0.3, 0.4) is 0 Å². The zero-order valence-corrected chi connectivity index (χ0v) is 12.2. The summed E-state index contributed by atoms with van der Waals surface area (Å²) in [7, 11) is 0. The minimum Gasteiger partial charge on any atom is -0.454 e. The highest BCUT2D eigenvalue weighted by Gasteiger charge is 2.23. The van der Waals surface area contributed by atoms with E-state index in [0.717, 1.165) is 22.6 Å². The second-order valence-electron chi connectivity index (χ2n) is 5.67. The Labute approximate surface area is 123 Å². The zero-order valence-electron chi connectivity index (χ0n) is 12.2. The van der Waals surface area contributed by atoms with Crippen molar-refractivity contribution < 1.29 is 13.9 Å². The van der Waals surface area contributed by atoms with Crippen LogP contribution in [-0.2, 0) is 12.1 Å². The molecule has 0 spiro atoms. The van der Waals surface area contributed by atoms with Gasteiger partial charge < -0.3 is 14.8 Å². The molecule has 0 fully saturated rings. The van der Waals surface area contributed by atoms with Gasteiger partial charge in [0.25, 0.3) is 0 Å². The molecule has 0 saturated carbocycles. The van der Waals surface area contributed by atoms with E-state index in [-0.39, 0.29) is 18.1 Å². The summed E-state index contributed by atoms with van der Waals surface area (Å²) in [6.07, 6.45) is 0. The molecule has 3 rings (SSSR count). The Kier molecular flexibility index (Phi) is 3.55. The third-order valence-electron chi connectivity index (χ3n) is 3.74. The first-order valence-corrected chi connectivity index (χ1v) is 6.94. The number of ether oxygens (including phenoxy) is 2. The molecule has 2 aromatic rings. The molecule has 0 unspecified atom stereocenters. The Morgan fingerprint density at radius 1 is 1.05 bits per heavy atom. The molecule has 1 N–H and O–H groups in total. The van der Waals surface area contributed by atoms with E-state index in [9.17, 15) is 4.39 Å². The zero-order chi connectivity index (χ0) is 14.9. The second kappa shape index (κ2) is 5.37. The smallest absolute Gasteiger partial charge is 0.231 e. The quantitative estimate of drug-likeness (QED) is 0.932. The lowest BCUT2D eigenvalue weighted by atomic mass is 9.93. The van der Waals surface area contributed by atoms with Crippen molar-refractivity contribution in [3.05, 3.63) is 59.4 Å².